The Morgan fingerprint density at radius 2 is 1.70 bits per heavy atom. The number of hydrogen-bond donors (Lipinski definition) is 3. The Morgan fingerprint density at radius 1 is 1.40 bits per heavy atom. The SMILES string of the molecule is CN(C)C.NCCC(N)O. The third-order valence-corrected chi connectivity index (χ3v) is 0.462. The summed E-state index contributed by atoms with van der Waals surface area (Å²) in [5, 5.41) is 8.25. The third-order valence-electron chi connectivity index (χ3n) is 0.462. The van der Waals surface area contributed by atoms with Gasteiger partial charge in [-0.05, 0) is 34.1 Å². The van der Waals surface area contributed by atoms with E-state index in [-0.39, 0.29) is 0 Å². The Hall–Kier alpha value is -0.160. The normalized spacial score (nSPS) is 12.3. The Labute approximate surface area is 62.8 Å². The summed E-state index contributed by atoms with van der Waals surface area (Å²) >= 11 is 0. The van der Waals surface area contributed by atoms with Crippen LogP contribution in [-0.4, -0.2) is 43.9 Å². The first kappa shape index (κ1) is 12.5. The van der Waals surface area contributed by atoms with E-state index in [9.17, 15) is 0 Å². The van der Waals surface area contributed by atoms with Crippen molar-refractivity contribution in [2.24, 2.45) is 11.5 Å². The molecule has 0 heterocycles. The molecule has 0 aromatic carbocycles. The molecule has 10 heavy (non-hydrogen) atoms. The summed E-state index contributed by atoms with van der Waals surface area (Å²) in [5.74, 6) is 0. The standard InChI is InChI=1S/C3H10N2O.C3H9N/c4-2-1-3(5)6;1-4(2)3/h3,6H,1-2,4-5H2;1-3H3. The molecule has 4 nitrogen and oxygen atoms in total. The van der Waals surface area contributed by atoms with E-state index in [0.29, 0.717) is 13.0 Å². The fraction of sp³-hybridized carbons (Fsp3) is 1.00. The van der Waals surface area contributed by atoms with E-state index in [1.54, 1.807) is 0 Å². The molecule has 0 rings (SSSR count). The molecule has 0 bridgehead atoms. The minimum atomic E-state index is -0.727. The van der Waals surface area contributed by atoms with E-state index in [1.807, 2.05) is 26.0 Å². The predicted molar refractivity (Wildman–Crippen MR) is 43.5 cm³/mol. The van der Waals surface area contributed by atoms with Gasteiger partial charge in [-0.3, -0.25) is 0 Å². The number of nitrogens with zero attached hydrogens (tertiary/aromatic N) is 1. The van der Waals surface area contributed by atoms with Gasteiger partial charge < -0.3 is 21.5 Å². The van der Waals surface area contributed by atoms with Crippen LogP contribution in [0.3, 0.4) is 0 Å². The molecule has 0 fully saturated rings. The molecular formula is C6H19N3O. The number of hydrogen-bond acceptors (Lipinski definition) is 4. The fourth-order valence-electron chi connectivity index (χ4n) is 0.171. The van der Waals surface area contributed by atoms with E-state index in [1.165, 1.54) is 0 Å². The van der Waals surface area contributed by atoms with Gasteiger partial charge in [-0.1, -0.05) is 0 Å². The van der Waals surface area contributed by atoms with Crippen LogP contribution in [0.25, 0.3) is 0 Å². The summed E-state index contributed by atoms with van der Waals surface area (Å²) in [7, 11) is 6.00. The lowest BCUT2D eigenvalue weighted by molar-refractivity contribution is 0.175. The molecule has 1 atom stereocenters. The quantitative estimate of drug-likeness (QED) is 0.431. The maximum atomic E-state index is 8.25. The van der Waals surface area contributed by atoms with Gasteiger partial charge in [-0.25, -0.2) is 0 Å². The molecule has 64 valence electrons. The number of aliphatic hydroxyl groups is 1. The molecule has 0 aliphatic carbocycles. The zero-order chi connectivity index (χ0) is 8.57. The molecule has 0 spiro atoms. The molecule has 4 heteroatoms. The number of nitrogens with two attached hydrogens (primary N) is 2. The van der Waals surface area contributed by atoms with E-state index in [2.05, 4.69) is 0 Å². The maximum absolute atomic E-state index is 8.25. The van der Waals surface area contributed by atoms with Crippen molar-refractivity contribution in [1.29, 1.82) is 0 Å². The molecular weight excluding hydrogens is 130 g/mol. The largest absolute Gasteiger partial charge is 0.379 e. The summed E-state index contributed by atoms with van der Waals surface area (Å²) < 4.78 is 0. The van der Waals surface area contributed by atoms with Crippen molar-refractivity contribution in [3.63, 3.8) is 0 Å². The average molecular weight is 149 g/mol. The smallest absolute Gasteiger partial charge is 0.103 e. The van der Waals surface area contributed by atoms with E-state index in [0.717, 1.165) is 0 Å². The summed E-state index contributed by atoms with van der Waals surface area (Å²) in [6, 6.07) is 0. The van der Waals surface area contributed by atoms with Gasteiger partial charge in [0.15, 0.2) is 0 Å². The predicted octanol–water partition coefficient (Wildman–Crippen LogP) is -1.21. The lowest BCUT2D eigenvalue weighted by Crippen LogP contribution is -2.22. The van der Waals surface area contributed by atoms with Crippen LogP contribution in [0.5, 0.6) is 0 Å². The lowest BCUT2D eigenvalue weighted by Gasteiger charge is -1.96. The molecule has 0 aliphatic rings. The van der Waals surface area contributed by atoms with Gasteiger partial charge in [0.25, 0.3) is 0 Å². The zero-order valence-corrected chi connectivity index (χ0v) is 7.04. The number of rotatable bonds is 2. The highest BCUT2D eigenvalue weighted by atomic mass is 16.3. The molecule has 1 unspecified atom stereocenters. The molecule has 0 amide bonds. The Bertz CT molecular complexity index is 54.2. The van der Waals surface area contributed by atoms with Gasteiger partial charge in [0, 0.05) is 0 Å². The van der Waals surface area contributed by atoms with Crippen molar-refractivity contribution >= 4 is 0 Å². The highest BCUT2D eigenvalue weighted by molar-refractivity contribution is 4.41. The van der Waals surface area contributed by atoms with E-state index < -0.39 is 6.23 Å². The molecule has 5 N–H and O–H groups in total. The summed E-state index contributed by atoms with van der Waals surface area (Å²) in [6.45, 7) is 0.456. The first-order chi connectivity index (χ1) is 4.50. The van der Waals surface area contributed by atoms with Crippen LogP contribution in [0.15, 0.2) is 0 Å². The summed E-state index contributed by atoms with van der Waals surface area (Å²) in [4.78, 5) is 2.00. The van der Waals surface area contributed by atoms with Crippen LogP contribution >= 0.6 is 0 Å². The van der Waals surface area contributed by atoms with Crippen molar-refractivity contribution in [2.75, 3.05) is 27.7 Å². The Balaban J connectivity index is 0. The lowest BCUT2D eigenvalue weighted by atomic mass is 10.4. The van der Waals surface area contributed by atoms with Crippen molar-refractivity contribution < 1.29 is 5.11 Å². The van der Waals surface area contributed by atoms with Gasteiger partial charge in [0.2, 0.25) is 0 Å². The molecule has 0 aromatic heterocycles. The average Bonchev–Trinajstić information content (AvgIpc) is 1.62. The molecule has 0 saturated heterocycles. The molecule has 0 aliphatic heterocycles. The fourth-order valence-corrected chi connectivity index (χ4v) is 0.171. The highest BCUT2D eigenvalue weighted by Gasteiger charge is 1.87. The second kappa shape index (κ2) is 8.84. The first-order valence-electron chi connectivity index (χ1n) is 3.25. The summed E-state index contributed by atoms with van der Waals surface area (Å²) in [6.07, 6.45) is -0.241. The highest BCUT2D eigenvalue weighted by Crippen LogP contribution is 1.72. The third kappa shape index (κ3) is 45.5. The molecule has 0 aromatic rings. The van der Waals surface area contributed by atoms with Crippen LogP contribution in [0.1, 0.15) is 6.42 Å². The van der Waals surface area contributed by atoms with Crippen LogP contribution in [0.2, 0.25) is 0 Å². The topological polar surface area (TPSA) is 75.5 Å². The molecule has 0 radical (unpaired) electrons. The second-order valence-corrected chi connectivity index (χ2v) is 2.49. The number of aliphatic hydroxyl groups excluding tert-OH is 1. The minimum Gasteiger partial charge on any atom is -0.379 e. The van der Waals surface area contributed by atoms with Gasteiger partial charge in [-0.2, -0.15) is 0 Å². The van der Waals surface area contributed by atoms with Crippen molar-refractivity contribution in [1.82, 2.24) is 4.90 Å². The maximum Gasteiger partial charge on any atom is 0.103 e. The van der Waals surface area contributed by atoms with Crippen molar-refractivity contribution in [2.45, 2.75) is 12.6 Å². The Kier molecular flexibility index (Phi) is 11.1. The minimum absolute atomic E-state index is 0.456. The van der Waals surface area contributed by atoms with Gasteiger partial charge in [0.1, 0.15) is 6.23 Å². The van der Waals surface area contributed by atoms with Gasteiger partial charge in [0.05, 0.1) is 0 Å². The van der Waals surface area contributed by atoms with Crippen LogP contribution < -0.4 is 11.5 Å². The Morgan fingerprint density at radius 3 is 1.70 bits per heavy atom. The zero-order valence-electron chi connectivity index (χ0n) is 7.04. The van der Waals surface area contributed by atoms with E-state index >= 15 is 0 Å². The molecule has 0 saturated carbocycles. The van der Waals surface area contributed by atoms with Gasteiger partial charge >= 0.3 is 0 Å². The van der Waals surface area contributed by atoms with Crippen molar-refractivity contribution in [3.05, 3.63) is 0 Å². The van der Waals surface area contributed by atoms with Crippen LogP contribution in [0.4, 0.5) is 0 Å². The van der Waals surface area contributed by atoms with Crippen LogP contribution in [-0.2, 0) is 0 Å². The second-order valence-electron chi connectivity index (χ2n) is 2.49. The monoisotopic (exact) mass is 149 g/mol. The summed E-state index contributed by atoms with van der Waals surface area (Å²) in [5.41, 5.74) is 9.87. The van der Waals surface area contributed by atoms with Crippen LogP contribution in [0, 0.1) is 0 Å². The first-order valence-corrected chi connectivity index (χ1v) is 3.25. The van der Waals surface area contributed by atoms with Crippen molar-refractivity contribution in [3.8, 4) is 0 Å². The van der Waals surface area contributed by atoms with Gasteiger partial charge in [-0.15, -0.1) is 0 Å². The van der Waals surface area contributed by atoms with E-state index in [4.69, 9.17) is 16.6 Å².